The van der Waals surface area contributed by atoms with Gasteiger partial charge in [-0.1, -0.05) is 77.7 Å². The monoisotopic (exact) mass is 926 g/mol. The van der Waals surface area contributed by atoms with E-state index in [1.54, 1.807) is 42.5 Å². The lowest BCUT2D eigenvalue weighted by molar-refractivity contribution is -0.170. The van der Waals surface area contributed by atoms with Crippen molar-refractivity contribution in [1.29, 1.82) is 0 Å². The molecule has 0 aliphatic rings. The van der Waals surface area contributed by atoms with Crippen molar-refractivity contribution < 1.29 is 43.7 Å². The van der Waals surface area contributed by atoms with Crippen LogP contribution in [-0.2, 0) is 30.4 Å². The maximum Gasteiger partial charge on any atom is 0.357 e. The highest BCUT2D eigenvalue weighted by Gasteiger charge is 2.21. The van der Waals surface area contributed by atoms with Gasteiger partial charge in [0.25, 0.3) is 0 Å². The van der Waals surface area contributed by atoms with Crippen LogP contribution in [0.2, 0.25) is 10.0 Å². The molecule has 5 aromatic rings. The van der Waals surface area contributed by atoms with Crippen LogP contribution in [0.15, 0.2) is 110 Å². The van der Waals surface area contributed by atoms with Crippen molar-refractivity contribution in [3.63, 3.8) is 0 Å². The summed E-state index contributed by atoms with van der Waals surface area (Å²) in [5.74, 6) is 0.0602. The van der Waals surface area contributed by atoms with Crippen molar-refractivity contribution in [1.82, 2.24) is 0 Å². The van der Waals surface area contributed by atoms with E-state index >= 15 is 0 Å². The molecular formula is C41H34Br2Cl2N2O9. The molecule has 0 radical (unpaired) electrons. The van der Waals surface area contributed by atoms with Gasteiger partial charge in [0.2, 0.25) is 12.7 Å². The molecule has 11 nitrogen and oxygen atoms in total. The number of halogens is 4. The van der Waals surface area contributed by atoms with Crippen molar-refractivity contribution in [3.05, 3.63) is 138 Å². The molecule has 0 aliphatic carbocycles. The number of phenolic OH excluding ortho intramolecular Hbond substituents is 2. The zero-order chi connectivity index (χ0) is 40.4. The van der Waals surface area contributed by atoms with Crippen LogP contribution in [0.4, 0.5) is 0 Å². The topological polar surface area (TPSA) is 145 Å². The van der Waals surface area contributed by atoms with Gasteiger partial charge in [-0.2, -0.15) is 0 Å². The molecule has 1 atom stereocenters. The van der Waals surface area contributed by atoms with Gasteiger partial charge in [0.1, 0.15) is 23.0 Å². The Morgan fingerprint density at radius 3 is 2.00 bits per heavy atom. The fraction of sp³-hybridized carbons (Fsp3) is 0.171. The molecule has 0 spiro atoms. The Morgan fingerprint density at radius 1 is 0.750 bits per heavy atom. The Kier molecular flexibility index (Phi) is 14.8. The molecule has 0 saturated carbocycles. The summed E-state index contributed by atoms with van der Waals surface area (Å²) in [4.78, 5) is 34.8. The Balaban J connectivity index is 1.08. The van der Waals surface area contributed by atoms with Gasteiger partial charge in [0.05, 0.1) is 31.4 Å². The molecule has 1 unspecified atom stereocenters. The molecule has 0 aliphatic heterocycles. The first-order chi connectivity index (χ1) is 26.8. The molecule has 0 fully saturated rings. The van der Waals surface area contributed by atoms with Gasteiger partial charge in [0, 0.05) is 17.5 Å². The summed E-state index contributed by atoms with van der Waals surface area (Å²) < 4.78 is 18.0. The van der Waals surface area contributed by atoms with Crippen LogP contribution in [0.3, 0.4) is 0 Å². The lowest BCUT2D eigenvalue weighted by atomic mass is 10.0. The van der Waals surface area contributed by atoms with E-state index in [4.69, 9.17) is 47.1 Å². The predicted molar refractivity (Wildman–Crippen MR) is 221 cm³/mol. The number of carbonyl (C=O) groups excluding carboxylic acids is 2. The number of nitrogens with zero attached hydrogens (tertiary/aromatic N) is 2. The van der Waals surface area contributed by atoms with Crippen molar-refractivity contribution in [2.45, 2.75) is 39.2 Å². The Morgan fingerprint density at radius 2 is 1.34 bits per heavy atom. The minimum Gasteiger partial charge on any atom is -0.508 e. The number of phenols is 2. The van der Waals surface area contributed by atoms with Crippen LogP contribution in [0.25, 0.3) is 0 Å². The largest absolute Gasteiger partial charge is 0.508 e. The molecule has 15 heteroatoms. The third kappa shape index (κ3) is 11.7. The van der Waals surface area contributed by atoms with E-state index in [9.17, 15) is 19.8 Å². The molecule has 0 heterocycles. The summed E-state index contributed by atoms with van der Waals surface area (Å²) in [6.07, 6.45) is 1.92. The highest BCUT2D eigenvalue weighted by molar-refractivity contribution is 9.11. The van der Waals surface area contributed by atoms with Gasteiger partial charge in [-0.15, -0.1) is 0 Å². The average Bonchev–Trinajstić information content (AvgIpc) is 3.15. The van der Waals surface area contributed by atoms with E-state index in [-0.39, 0.29) is 33.2 Å². The normalized spacial score (nSPS) is 11.9. The molecule has 5 aromatic carbocycles. The molecule has 0 amide bonds. The van der Waals surface area contributed by atoms with Crippen molar-refractivity contribution in [2.75, 3.05) is 6.61 Å². The second-order valence-corrected chi connectivity index (χ2v) is 15.0. The molecule has 0 saturated heterocycles. The van der Waals surface area contributed by atoms with Crippen LogP contribution >= 0.6 is 55.1 Å². The molecule has 290 valence electrons. The van der Waals surface area contributed by atoms with Crippen molar-refractivity contribution >= 4 is 79.4 Å². The van der Waals surface area contributed by atoms with E-state index in [1.165, 1.54) is 37.6 Å². The van der Waals surface area contributed by atoms with Gasteiger partial charge >= 0.3 is 11.9 Å². The summed E-state index contributed by atoms with van der Waals surface area (Å²) in [6.45, 7) is 4.59. The zero-order valence-corrected chi connectivity index (χ0v) is 34.7. The second kappa shape index (κ2) is 19.7. The highest BCUT2D eigenvalue weighted by Crippen LogP contribution is 2.40. The first kappa shape index (κ1) is 42.1. The minimum atomic E-state index is -1.25. The van der Waals surface area contributed by atoms with Crippen molar-refractivity contribution in [2.24, 2.45) is 10.3 Å². The molecule has 5 rings (SSSR count). The van der Waals surface area contributed by atoms with Gasteiger partial charge in [-0.05, 0) is 122 Å². The predicted octanol–water partition coefficient (Wildman–Crippen LogP) is 11.1. The lowest BCUT2D eigenvalue weighted by Crippen LogP contribution is -2.26. The first-order valence-corrected chi connectivity index (χ1v) is 19.2. The summed E-state index contributed by atoms with van der Waals surface area (Å²) in [5.41, 5.74) is 3.51. The van der Waals surface area contributed by atoms with Gasteiger partial charge in [-0.3, -0.25) is 0 Å². The number of hydrogen-bond donors (Lipinski definition) is 2. The number of benzene rings is 5. The van der Waals surface area contributed by atoms with Gasteiger partial charge in [0.15, 0.2) is 11.5 Å². The molecule has 0 bridgehead atoms. The number of rotatable bonds is 15. The minimum absolute atomic E-state index is 0.0668. The van der Waals surface area contributed by atoms with Crippen LogP contribution in [0.1, 0.15) is 54.5 Å². The zero-order valence-electron chi connectivity index (χ0n) is 30.0. The Bertz CT molecular complexity index is 2220. The Labute approximate surface area is 349 Å². The third-order valence-electron chi connectivity index (χ3n) is 7.82. The van der Waals surface area contributed by atoms with Gasteiger partial charge in [-0.25, -0.2) is 9.59 Å². The number of carbonyl (C=O) groups is 2. The van der Waals surface area contributed by atoms with Crippen LogP contribution in [-0.4, -0.2) is 47.3 Å². The maximum absolute atomic E-state index is 12.4. The summed E-state index contributed by atoms with van der Waals surface area (Å²) in [6, 6.07) is 26.2. The molecule has 2 N–H and O–H groups in total. The third-order valence-corrected chi connectivity index (χ3v) is 9.56. The van der Waals surface area contributed by atoms with E-state index < -0.39 is 24.6 Å². The first-order valence-electron chi connectivity index (χ1n) is 16.9. The lowest BCUT2D eigenvalue weighted by Gasteiger charge is -2.14. The molecule has 0 aromatic heterocycles. The van der Waals surface area contributed by atoms with Crippen molar-refractivity contribution in [3.8, 4) is 34.5 Å². The number of ether oxygens (including phenoxy) is 3. The fourth-order valence-corrected chi connectivity index (χ4v) is 6.98. The maximum atomic E-state index is 12.4. The number of hydrogen-bond acceptors (Lipinski definition) is 11. The molecular weight excluding hydrogens is 895 g/mol. The van der Waals surface area contributed by atoms with Crippen LogP contribution in [0.5, 0.6) is 34.5 Å². The van der Waals surface area contributed by atoms with E-state index in [0.29, 0.717) is 54.9 Å². The standard InChI is InChI=1S/C41H34Br2Cl2N2O9/c1-23(2)31-19-30(10-12-37(31)49)54-40-34(44)16-27(17-35(40)45)21-47-56-24(3)41(51)55-38(50)22-52-46-20-26-14-32(42)39(33(43)15-26)53-29-9-11-36(48)28(18-29)13-25-7-5-4-6-8-25/h4-12,14-21,23-24,48-49H,13,22H2,1-3H3. The summed E-state index contributed by atoms with van der Waals surface area (Å²) in [7, 11) is 0. The fourth-order valence-electron chi connectivity index (χ4n) is 5.02. The van der Waals surface area contributed by atoms with Crippen LogP contribution in [0, 0.1) is 0 Å². The van der Waals surface area contributed by atoms with Crippen LogP contribution < -0.4 is 9.47 Å². The Hall–Kier alpha value is -5.08. The average molecular weight is 929 g/mol. The molecule has 56 heavy (non-hydrogen) atoms. The number of oxime groups is 2. The smallest absolute Gasteiger partial charge is 0.357 e. The summed E-state index contributed by atoms with van der Waals surface area (Å²) in [5, 5.41) is 28.4. The van der Waals surface area contributed by atoms with E-state index in [0.717, 1.165) is 5.56 Å². The SMILES string of the molecule is CC(ON=Cc1cc(Cl)c(Oc2ccc(O)c(C(C)C)c2)c(Cl)c1)C(=O)OC(=O)CON=Cc1cc(Br)c(Oc2ccc(O)c(Cc3ccccc3)c2)c(Br)c1. The van der Waals surface area contributed by atoms with E-state index in [1.807, 2.05) is 44.2 Å². The summed E-state index contributed by atoms with van der Waals surface area (Å²) >= 11 is 19.9. The van der Waals surface area contributed by atoms with Gasteiger partial charge < -0.3 is 34.1 Å². The quantitative estimate of drug-likeness (QED) is 0.0453. The highest BCUT2D eigenvalue weighted by atomic mass is 79.9. The second-order valence-electron chi connectivity index (χ2n) is 12.4. The number of esters is 2. The van der Waals surface area contributed by atoms with E-state index in [2.05, 4.69) is 42.2 Å². The number of aromatic hydroxyl groups is 2.